The zero-order chi connectivity index (χ0) is 13.0. The Hall–Kier alpha value is -0.800. The lowest BCUT2D eigenvalue weighted by Gasteiger charge is -2.22. The molecule has 0 unspecified atom stereocenters. The molecular weight excluding hydrogens is 246 g/mol. The van der Waals surface area contributed by atoms with Crippen molar-refractivity contribution in [3.8, 4) is 0 Å². The van der Waals surface area contributed by atoms with Crippen LogP contribution < -0.4 is 10.2 Å². The number of anilines is 1. The highest BCUT2D eigenvalue weighted by Gasteiger charge is 2.17. The van der Waals surface area contributed by atoms with Crippen LogP contribution in [0.1, 0.15) is 31.2 Å². The van der Waals surface area contributed by atoms with Crippen LogP contribution in [0.15, 0.2) is 12.3 Å². The maximum atomic E-state index is 6.13. The third-order valence-electron chi connectivity index (χ3n) is 3.69. The van der Waals surface area contributed by atoms with Gasteiger partial charge in [0, 0.05) is 26.3 Å². The summed E-state index contributed by atoms with van der Waals surface area (Å²) in [6.07, 6.45) is 7.26. The fourth-order valence-corrected chi connectivity index (χ4v) is 2.85. The molecule has 4 heteroatoms. The number of halogens is 1. The third kappa shape index (κ3) is 3.36. The highest BCUT2D eigenvalue weighted by Crippen LogP contribution is 2.27. The van der Waals surface area contributed by atoms with Gasteiger partial charge in [0.05, 0.1) is 5.02 Å². The predicted octanol–water partition coefficient (Wildman–Crippen LogP) is 3.08. The van der Waals surface area contributed by atoms with E-state index in [-0.39, 0.29) is 0 Å². The highest BCUT2D eigenvalue weighted by molar-refractivity contribution is 6.31. The molecule has 3 nitrogen and oxygen atoms in total. The molecule has 0 aromatic carbocycles. The van der Waals surface area contributed by atoms with Gasteiger partial charge in [-0.2, -0.15) is 0 Å². The molecule has 0 radical (unpaired) electrons. The van der Waals surface area contributed by atoms with E-state index < -0.39 is 0 Å². The summed E-state index contributed by atoms with van der Waals surface area (Å²) in [6, 6.07) is 2.09. The van der Waals surface area contributed by atoms with Gasteiger partial charge in [0.25, 0.3) is 0 Å². The summed E-state index contributed by atoms with van der Waals surface area (Å²) in [6.45, 7) is 1.89. The van der Waals surface area contributed by atoms with Crippen molar-refractivity contribution < 1.29 is 0 Å². The molecule has 1 aliphatic rings. The van der Waals surface area contributed by atoms with Crippen molar-refractivity contribution in [3.63, 3.8) is 0 Å². The normalized spacial score (nSPS) is 16.2. The average Bonchev–Trinajstić information content (AvgIpc) is 2.85. The minimum Gasteiger partial charge on any atom is -0.359 e. The SMILES string of the molecule is CNCc1cc(N(C)CC2CCCC2)ncc1Cl. The lowest BCUT2D eigenvalue weighted by molar-refractivity contribution is 0.545. The van der Waals surface area contributed by atoms with Gasteiger partial charge in [-0.1, -0.05) is 24.4 Å². The molecule has 0 spiro atoms. The molecule has 1 aliphatic carbocycles. The standard InChI is InChI=1S/C14H22ClN3/c1-16-8-12-7-14(17-9-13(12)15)18(2)10-11-5-3-4-6-11/h7,9,11,16H,3-6,8,10H2,1-2H3. The summed E-state index contributed by atoms with van der Waals surface area (Å²) in [5.41, 5.74) is 1.11. The molecule has 1 N–H and O–H groups in total. The van der Waals surface area contributed by atoms with Crippen LogP contribution in [0.5, 0.6) is 0 Å². The van der Waals surface area contributed by atoms with E-state index in [1.165, 1.54) is 25.7 Å². The Bertz CT molecular complexity index is 389. The largest absolute Gasteiger partial charge is 0.359 e. The molecule has 2 rings (SSSR count). The van der Waals surface area contributed by atoms with Gasteiger partial charge in [-0.05, 0) is 37.4 Å². The van der Waals surface area contributed by atoms with Gasteiger partial charge in [0.1, 0.15) is 5.82 Å². The molecule has 1 heterocycles. The summed E-state index contributed by atoms with van der Waals surface area (Å²) in [7, 11) is 4.05. The van der Waals surface area contributed by atoms with Crippen molar-refractivity contribution in [3.05, 3.63) is 22.8 Å². The van der Waals surface area contributed by atoms with E-state index >= 15 is 0 Å². The molecule has 0 atom stereocenters. The fraction of sp³-hybridized carbons (Fsp3) is 0.643. The van der Waals surface area contributed by atoms with E-state index in [0.29, 0.717) is 0 Å². The molecule has 0 aliphatic heterocycles. The Labute approximate surface area is 115 Å². The number of hydrogen-bond acceptors (Lipinski definition) is 3. The molecule has 0 amide bonds. The zero-order valence-corrected chi connectivity index (χ0v) is 12.0. The Kier molecular flexibility index (Phi) is 4.84. The quantitative estimate of drug-likeness (QED) is 0.889. The minimum absolute atomic E-state index is 0.738. The van der Waals surface area contributed by atoms with Crippen LogP contribution in [0.2, 0.25) is 5.02 Å². The molecule has 1 aromatic heterocycles. The van der Waals surface area contributed by atoms with Crippen molar-refractivity contribution in [1.29, 1.82) is 0 Å². The van der Waals surface area contributed by atoms with Crippen molar-refractivity contribution in [2.24, 2.45) is 5.92 Å². The number of hydrogen-bond donors (Lipinski definition) is 1. The van der Waals surface area contributed by atoms with Crippen LogP contribution in [0.3, 0.4) is 0 Å². The maximum absolute atomic E-state index is 6.13. The van der Waals surface area contributed by atoms with Gasteiger partial charge in [0.15, 0.2) is 0 Å². The first-order valence-electron chi connectivity index (χ1n) is 6.71. The second-order valence-corrected chi connectivity index (χ2v) is 5.60. The molecule has 1 fully saturated rings. The van der Waals surface area contributed by atoms with Gasteiger partial charge in [-0.15, -0.1) is 0 Å². The highest BCUT2D eigenvalue weighted by atomic mass is 35.5. The molecular formula is C14H22ClN3. The predicted molar refractivity (Wildman–Crippen MR) is 77.2 cm³/mol. The summed E-state index contributed by atoms with van der Waals surface area (Å²) in [5, 5.41) is 3.87. The van der Waals surface area contributed by atoms with E-state index in [4.69, 9.17) is 11.6 Å². The monoisotopic (exact) mass is 267 g/mol. The number of nitrogens with zero attached hydrogens (tertiary/aromatic N) is 2. The van der Waals surface area contributed by atoms with Gasteiger partial charge < -0.3 is 10.2 Å². The minimum atomic E-state index is 0.738. The Morgan fingerprint density at radius 1 is 1.44 bits per heavy atom. The number of pyridine rings is 1. The summed E-state index contributed by atoms with van der Waals surface area (Å²) >= 11 is 6.13. The molecule has 1 saturated carbocycles. The fourth-order valence-electron chi connectivity index (χ4n) is 2.68. The Morgan fingerprint density at radius 3 is 2.83 bits per heavy atom. The van der Waals surface area contributed by atoms with Crippen LogP contribution in [-0.4, -0.2) is 25.6 Å². The van der Waals surface area contributed by atoms with Crippen LogP contribution in [0.4, 0.5) is 5.82 Å². The van der Waals surface area contributed by atoms with Crippen molar-refractivity contribution in [2.45, 2.75) is 32.2 Å². The van der Waals surface area contributed by atoms with Crippen molar-refractivity contribution >= 4 is 17.4 Å². The van der Waals surface area contributed by atoms with E-state index in [0.717, 1.165) is 35.4 Å². The van der Waals surface area contributed by atoms with Crippen LogP contribution >= 0.6 is 11.6 Å². The summed E-state index contributed by atoms with van der Waals surface area (Å²) in [4.78, 5) is 6.68. The zero-order valence-electron chi connectivity index (χ0n) is 11.2. The molecule has 18 heavy (non-hydrogen) atoms. The van der Waals surface area contributed by atoms with E-state index in [9.17, 15) is 0 Å². The van der Waals surface area contributed by atoms with Crippen LogP contribution in [-0.2, 0) is 6.54 Å². The van der Waals surface area contributed by atoms with E-state index in [1.807, 2.05) is 7.05 Å². The third-order valence-corrected chi connectivity index (χ3v) is 4.03. The van der Waals surface area contributed by atoms with E-state index in [2.05, 4.69) is 28.3 Å². The van der Waals surface area contributed by atoms with Gasteiger partial charge in [-0.3, -0.25) is 0 Å². The maximum Gasteiger partial charge on any atom is 0.128 e. The second kappa shape index (κ2) is 6.39. The number of aromatic nitrogens is 1. The van der Waals surface area contributed by atoms with Gasteiger partial charge in [0.2, 0.25) is 0 Å². The molecule has 0 saturated heterocycles. The molecule has 0 bridgehead atoms. The number of nitrogens with one attached hydrogen (secondary N) is 1. The second-order valence-electron chi connectivity index (χ2n) is 5.20. The first kappa shape index (κ1) is 13.6. The lowest BCUT2D eigenvalue weighted by atomic mass is 10.1. The van der Waals surface area contributed by atoms with Crippen LogP contribution in [0, 0.1) is 5.92 Å². The van der Waals surface area contributed by atoms with E-state index in [1.54, 1.807) is 6.20 Å². The van der Waals surface area contributed by atoms with Gasteiger partial charge in [-0.25, -0.2) is 4.98 Å². The van der Waals surface area contributed by atoms with Crippen molar-refractivity contribution in [2.75, 3.05) is 25.5 Å². The van der Waals surface area contributed by atoms with Crippen molar-refractivity contribution in [1.82, 2.24) is 10.3 Å². The topological polar surface area (TPSA) is 28.2 Å². The Balaban J connectivity index is 2.04. The molecule has 100 valence electrons. The number of rotatable bonds is 5. The van der Waals surface area contributed by atoms with Crippen LogP contribution in [0.25, 0.3) is 0 Å². The molecule has 1 aromatic rings. The summed E-state index contributed by atoms with van der Waals surface area (Å²) in [5.74, 6) is 1.86. The average molecular weight is 268 g/mol. The Morgan fingerprint density at radius 2 is 2.17 bits per heavy atom. The summed E-state index contributed by atoms with van der Waals surface area (Å²) < 4.78 is 0. The van der Waals surface area contributed by atoms with Gasteiger partial charge >= 0.3 is 0 Å². The smallest absolute Gasteiger partial charge is 0.128 e. The lowest BCUT2D eigenvalue weighted by Crippen LogP contribution is -2.25. The first-order valence-corrected chi connectivity index (χ1v) is 7.08. The first-order chi connectivity index (χ1) is 8.70.